The first-order valence-corrected chi connectivity index (χ1v) is 6.24. The van der Waals surface area contributed by atoms with Crippen LogP contribution in [0.25, 0.3) is 22.7 Å². The van der Waals surface area contributed by atoms with Gasteiger partial charge in [0.05, 0.1) is 10.5 Å². The van der Waals surface area contributed by atoms with Crippen LogP contribution in [0.3, 0.4) is 0 Å². The number of imidazole rings is 1. The zero-order chi connectivity index (χ0) is 12.7. The van der Waals surface area contributed by atoms with Gasteiger partial charge in [0.15, 0.2) is 17.2 Å². The molecule has 18 heavy (non-hydrogen) atoms. The minimum atomic E-state index is 0.246. The Balaban J connectivity index is 2.13. The van der Waals surface area contributed by atoms with Crippen LogP contribution in [0.5, 0.6) is 0 Å². The number of furan rings is 1. The van der Waals surface area contributed by atoms with Gasteiger partial charge >= 0.3 is 0 Å². The smallest absolute Gasteiger partial charge is 0.179 e. The lowest BCUT2D eigenvalue weighted by molar-refractivity contribution is 0.526. The van der Waals surface area contributed by atoms with Gasteiger partial charge in [0, 0.05) is 6.42 Å². The van der Waals surface area contributed by atoms with Gasteiger partial charge in [-0.3, -0.25) is 0 Å². The summed E-state index contributed by atoms with van der Waals surface area (Å²) in [6.45, 7) is 2.03. The maximum Gasteiger partial charge on any atom is 0.179 e. The number of hydrogen-bond donors (Lipinski definition) is 1. The largest absolute Gasteiger partial charge is 0.458 e. The van der Waals surface area contributed by atoms with Gasteiger partial charge in [-0.15, -0.1) is 0 Å². The van der Waals surface area contributed by atoms with E-state index in [1.165, 1.54) is 0 Å². The number of fused-ring (bicyclic) bond motifs is 1. The first-order chi connectivity index (χ1) is 8.67. The molecule has 3 rings (SSSR count). The van der Waals surface area contributed by atoms with E-state index in [0.717, 1.165) is 17.7 Å². The molecule has 3 heterocycles. The molecule has 0 spiro atoms. The van der Waals surface area contributed by atoms with Crippen LogP contribution in [0.4, 0.5) is 0 Å². The van der Waals surface area contributed by atoms with E-state index in [-0.39, 0.29) is 5.15 Å². The summed E-state index contributed by atoms with van der Waals surface area (Å²) >= 11 is 11.8. The predicted octanol–water partition coefficient (Wildman–Crippen LogP) is 4.09. The molecular formula is C12H9Cl2N3O. The summed E-state index contributed by atoms with van der Waals surface area (Å²) in [6, 6.07) is 5.50. The van der Waals surface area contributed by atoms with Crippen LogP contribution in [-0.4, -0.2) is 15.0 Å². The first-order valence-electron chi connectivity index (χ1n) is 5.48. The van der Waals surface area contributed by atoms with Crippen molar-refractivity contribution in [3.05, 3.63) is 34.1 Å². The number of rotatable bonds is 2. The third-order valence-electron chi connectivity index (χ3n) is 2.63. The van der Waals surface area contributed by atoms with Crippen molar-refractivity contribution in [1.82, 2.24) is 15.0 Å². The van der Waals surface area contributed by atoms with Gasteiger partial charge < -0.3 is 9.40 Å². The molecule has 0 unspecified atom stereocenters. The van der Waals surface area contributed by atoms with Crippen molar-refractivity contribution < 1.29 is 4.42 Å². The van der Waals surface area contributed by atoms with Crippen molar-refractivity contribution >= 4 is 34.4 Å². The van der Waals surface area contributed by atoms with Crippen LogP contribution in [0.1, 0.15) is 12.7 Å². The quantitative estimate of drug-likeness (QED) is 0.720. The van der Waals surface area contributed by atoms with Crippen molar-refractivity contribution in [3.8, 4) is 11.6 Å². The fourth-order valence-corrected chi connectivity index (χ4v) is 1.99. The molecule has 0 saturated heterocycles. The van der Waals surface area contributed by atoms with E-state index in [0.29, 0.717) is 22.3 Å². The van der Waals surface area contributed by atoms with Crippen LogP contribution < -0.4 is 0 Å². The molecule has 0 radical (unpaired) electrons. The topological polar surface area (TPSA) is 54.7 Å². The highest BCUT2D eigenvalue weighted by molar-refractivity contribution is 6.41. The lowest BCUT2D eigenvalue weighted by Gasteiger charge is -1.92. The van der Waals surface area contributed by atoms with Crippen molar-refractivity contribution in [2.75, 3.05) is 0 Å². The molecule has 0 fully saturated rings. The fourth-order valence-electron chi connectivity index (χ4n) is 1.71. The highest BCUT2D eigenvalue weighted by Crippen LogP contribution is 2.26. The van der Waals surface area contributed by atoms with Gasteiger partial charge in [-0.05, 0) is 18.2 Å². The second-order valence-electron chi connectivity index (χ2n) is 3.84. The summed E-state index contributed by atoms with van der Waals surface area (Å²) in [7, 11) is 0. The average Bonchev–Trinajstić information content (AvgIpc) is 2.95. The Bertz CT molecular complexity index is 678. The van der Waals surface area contributed by atoms with Gasteiger partial charge in [-0.2, -0.15) is 0 Å². The van der Waals surface area contributed by atoms with Crippen molar-refractivity contribution in [2.45, 2.75) is 13.3 Å². The number of pyridine rings is 1. The molecule has 0 saturated carbocycles. The minimum Gasteiger partial charge on any atom is -0.458 e. The molecule has 0 aliphatic rings. The highest BCUT2D eigenvalue weighted by Gasteiger charge is 2.12. The molecule has 3 aromatic rings. The molecule has 6 heteroatoms. The van der Waals surface area contributed by atoms with Gasteiger partial charge in [0.25, 0.3) is 0 Å². The second-order valence-corrected chi connectivity index (χ2v) is 4.60. The summed E-state index contributed by atoms with van der Waals surface area (Å²) < 4.78 is 5.62. The lowest BCUT2D eigenvalue weighted by Crippen LogP contribution is -1.79. The van der Waals surface area contributed by atoms with Crippen molar-refractivity contribution in [3.63, 3.8) is 0 Å². The Morgan fingerprint density at radius 3 is 2.83 bits per heavy atom. The average molecular weight is 282 g/mol. The summed E-state index contributed by atoms with van der Waals surface area (Å²) in [5.41, 5.74) is 1.25. The summed E-state index contributed by atoms with van der Waals surface area (Å²) in [4.78, 5) is 11.5. The minimum absolute atomic E-state index is 0.246. The first kappa shape index (κ1) is 11.6. The molecule has 0 aliphatic heterocycles. The zero-order valence-corrected chi connectivity index (χ0v) is 11.0. The number of aryl methyl sites for hydroxylation is 1. The van der Waals surface area contributed by atoms with Gasteiger partial charge in [0.1, 0.15) is 10.9 Å². The number of halogens is 2. The molecule has 1 N–H and O–H groups in total. The number of aromatic amines is 1. The molecule has 0 aliphatic carbocycles. The molecule has 0 atom stereocenters. The number of H-pyrrole nitrogens is 1. The Labute approximate surface area is 113 Å². The van der Waals surface area contributed by atoms with E-state index < -0.39 is 0 Å². The van der Waals surface area contributed by atoms with Crippen LogP contribution in [0, 0.1) is 0 Å². The Kier molecular flexibility index (Phi) is 2.76. The van der Waals surface area contributed by atoms with E-state index in [4.69, 9.17) is 27.6 Å². The molecule has 3 aromatic heterocycles. The van der Waals surface area contributed by atoms with E-state index >= 15 is 0 Å². The third-order valence-corrected chi connectivity index (χ3v) is 3.30. The number of nitrogens with zero attached hydrogens (tertiary/aromatic N) is 2. The SMILES string of the molecule is CCc1ccc(-c2nc3nc(Cl)c(Cl)cc3[nH]2)o1. The molecule has 92 valence electrons. The maximum absolute atomic E-state index is 5.90. The second kappa shape index (κ2) is 4.30. The van der Waals surface area contributed by atoms with Crippen LogP contribution >= 0.6 is 23.2 Å². The molecule has 4 nitrogen and oxygen atoms in total. The Hall–Kier alpha value is -1.52. The van der Waals surface area contributed by atoms with Gasteiger partial charge in [0.2, 0.25) is 0 Å². The van der Waals surface area contributed by atoms with E-state index in [1.54, 1.807) is 6.07 Å². The molecule has 0 amide bonds. The highest BCUT2D eigenvalue weighted by atomic mass is 35.5. The zero-order valence-electron chi connectivity index (χ0n) is 9.50. The van der Waals surface area contributed by atoms with Crippen LogP contribution in [0.2, 0.25) is 10.2 Å². The Morgan fingerprint density at radius 1 is 1.28 bits per heavy atom. The molecule has 0 aromatic carbocycles. The van der Waals surface area contributed by atoms with Crippen molar-refractivity contribution in [1.29, 1.82) is 0 Å². The molecule has 0 bridgehead atoms. The predicted molar refractivity (Wildman–Crippen MR) is 71.0 cm³/mol. The third kappa shape index (κ3) is 1.87. The van der Waals surface area contributed by atoms with Gasteiger partial charge in [-0.25, -0.2) is 9.97 Å². The van der Waals surface area contributed by atoms with Gasteiger partial charge in [-0.1, -0.05) is 30.1 Å². The lowest BCUT2D eigenvalue weighted by atomic mass is 10.3. The maximum atomic E-state index is 5.90. The fraction of sp³-hybridized carbons (Fsp3) is 0.167. The summed E-state index contributed by atoms with van der Waals surface area (Å²) in [5, 5.41) is 0.643. The van der Waals surface area contributed by atoms with Crippen molar-refractivity contribution in [2.24, 2.45) is 0 Å². The summed E-state index contributed by atoms with van der Waals surface area (Å²) in [5.74, 6) is 2.21. The summed E-state index contributed by atoms with van der Waals surface area (Å²) in [6.07, 6.45) is 0.843. The monoisotopic (exact) mass is 281 g/mol. The van der Waals surface area contributed by atoms with E-state index in [2.05, 4.69) is 15.0 Å². The number of hydrogen-bond acceptors (Lipinski definition) is 3. The molecular weight excluding hydrogens is 273 g/mol. The normalized spacial score (nSPS) is 11.3. The standard InChI is InChI=1S/C12H9Cl2N3O/c1-2-6-3-4-9(18-6)12-15-8-5-7(13)10(14)16-11(8)17-12/h3-5H,2H2,1H3,(H,15,16,17). The van der Waals surface area contributed by atoms with Crippen LogP contribution in [0.15, 0.2) is 22.6 Å². The number of aromatic nitrogens is 3. The van der Waals surface area contributed by atoms with Crippen LogP contribution in [-0.2, 0) is 6.42 Å². The van der Waals surface area contributed by atoms with E-state index in [9.17, 15) is 0 Å². The number of nitrogens with one attached hydrogen (secondary N) is 1. The van der Waals surface area contributed by atoms with E-state index in [1.807, 2.05) is 19.1 Å². The Morgan fingerprint density at radius 2 is 2.11 bits per heavy atom.